The van der Waals surface area contributed by atoms with Gasteiger partial charge in [-0.05, 0) is 12.1 Å². The van der Waals surface area contributed by atoms with Crippen molar-refractivity contribution in [2.24, 2.45) is 0 Å². The molecule has 0 radical (unpaired) electrons. The Labute approximate surface area is 70.2 Å². The number of carbonyl (C=O) groups is 1. The lowest BCUT2D eigenvalue weighted by atomic mass is 10.2. The Morgan fingerprint density at radius 3 is 2.83 bits per heavy atom. The molecule has 4 heteroatoms. The number of para-hydroxylation sites is 1. The van der Waals surface area contributed by atoms with Crippen molar-refractivity contribution in [3.8, 4) is 5.75 Å². The first-order valence-electron chi connectivity index (χ1n) is 3.49. The largest absolute Gasteiger partial charge is 0.506 e. The van der Waals surface area contributed by atoms with E-state index in [0.29, 0.717) is 17.8 Å². The number of carbonyl (C=O) groups excluding carboxylic acids is 1. The molecule has 0 aromatic heterocycles. The van der Waals surface area contributed by atoms with Crippen LogP contribution in [0.15, 0.2) is 18.2 Å². The predicted molar refractivity (Wildman–Crippen MR) is 47.3 cm³/mol. The van der Waals surface area contributed by atoms with Gasteiger partial charge in [0, 0.05) is 7.05 Å². The van der Waals surface area contributed by atoms with Gasteiger partial charge < -0.3 is 15.7 Å². The van der Waals surface area contributed by atoms with Crippen LogP contribution in [0, 0.1) is 0 Å². The summed E-state index contributed by atoms with van der Waals surface area (Å²) in [7, 11) is 1.71. The third-order valence-electron chi connectivity index (χ3n) is 1.52. The maximum Gasteiger partial charge on any atom is 0.211 e. The van der Waals surface area contributed by atoms with Gasteiger partial charge in [0.2, 0.25) is 6.41 Å². The number of hydrogen-bond donors (Lipinski definition) is 3. The Kier molecular flexibility index (Phi) is 2.53. The zero-order chi connectivity index (χ0) is 8.97. The van der Waals surface area contributed by atoms with Gasteiger partial charge in [0.25, 0.3) is 0 Å². The molecule has 0 saturated heterocycles. The minimum atomic E-state index is 0.0500. The van der Waals surface area contributed by atoms with E-state index in [1.54, 1.807) is 19.2 Å². The molecule has 0 aliphatic heterocycles. The highest BCUT2D eigenvalue weighted by Gasteiger charge is 2.03. The molecule has 1 aromatic rings. The van der Waals surface area contributed by atoms with Crippen LogP contribution in [0.1, 0.15) is 0 Å². The third-order valence-corrected chi connectivity index (χ3v) is 1.52. The second-order valence-electron chi connectivity index (χ2n) is 2.21. The molecule has 1 amide bonds. The average Bonchev–Trinajstić information content (AvgIpc) is 2.09. The fourth-order valence-electron chi connectivity index (χ4n) is 0.959. The molecular formula is C8H10N2O2. The molecule has 0 unspecified atom stereocenters. The summed E-state index contributed by atoms with van der Waals surface area (Å²) < 4.78 is 0. The van der Waals surface area contributed by atoms with Crippen molar-refractivity contribution in [2.45, 2.75) is 0 Å². The van der Waals surface area contributed by atoms with Gasteiger partial charge in [-0.15, -0.1) is 0 Å². The summed E-state index contributed by atoms with van der Waals surface area (Å²) in [5.41, 5.74) is 1.08. The molecule has 3 N–H and O–H groups in total. The van der Waals surface area contributed by atoms with Gasteiger partial charge in [-0.25, -0.2) is 0 Å². The number of phenols is 1. The number of hydrogen-bond acceptors (Lipinski definition) is 3. The molecule has 64 valence electrons. The quantitative estimate of drug-likeness (QED) is 0.463. The summed E-state index contributed by atoms with van der Waals surface area (Å²) in [6.07, 6.45) is 0.524. The highest BCUT2D eigenvalue weighted by molar-refractivity contribution is 5.84. The minimum absolute atomic E-state index is 0.0500. The van der Waals surface area contributed by atoms with Crippen LogP contribution in [0.4, 0.5) is 11.4 Å². The highest BCUT2D eigenvalue weighted by Crippen LogP contribution is 2.30. The lowest BCUT2D eigenvalue weighted by Crippen LogP contribution is -1.99. The lowest BCUT2D eigenvalue weighted by Gasteiger charge is -2.08. The van der Waals surface area contributed by atoms with E-state index in [1.165, 1.54) is 6.07 Å². The maximum atomic E-state index is 10.1. The van der Waals surface area contributed by atoms with Gasteiger partial charge in [-0.3, -0.25) is 4.79 Å². The monoisotopic (exact) mass is 166 g/mol. The van der Waals surface area contributed by atoms with Gasteiger partial charge in [0.1, 0.15) is 11.4 Å². The van der Waals surface area contributed by atoms with E-state index in [4.69, 9.17) is 0 Å². The number of benzene rings is 1. The molecule has 0 heterocycles. The number of phenolic OH excluding ortho intramolecular Hbond substituents is 1. The van der Waals surface area contributed by atoms with Crippen LogP contribution < -0.4 is 10.6 Å². The number of anilines is 2. The van der Waals surface area contributed by atoms with Gasteiger partial charge >= 0.3 is 0 Å². The smallest absolute Gasteiger partial charge is 0.211 e. The van der Waals surface area contributed by atoms with E-state index in [-0.39, 0.29) is 5.75 Å². The molecular weight excluding hydrogens is 156 g/mol. The van der Waals surface area contributed by atoms with E-state index in [9.17, 15) is 9.90 Å². The first-order valence-corrected chi connectivity index (χ1v) is 3.49. The van der Waals surface area contributed by atoms with E-state index in [0.717, 1.165) is 0 Å². The molecule has 0 atom stereocenters. The van der Waals surface area contributed by atoms with Crippen molar-refractivity contribution in [1.29, 1.82) is 0 Å². The van der Waals surface area contributed by atoms with Crippen molar-refractivity contribution in [2.75, 3.05) is 17.7 Å². The summed E-state index contributed by atoms with van der Waals surface area (Å²) >= 11 is 0. The summed E-state index contributed by atoms with van der Waals surface area (Å²) in [5, 5.41) is 14.5. The molecule has 1 aromatic carbocycles. The Hall–Kier alpha value is -1.71. The molecule has 0 spiro atoms. The second kappa shape index (κ2) is 3.61. The third kappa shape index (κ3) is 1.47. The maximum absolute atomic E-state index is 10.1. The number of nitrogens with one attached hydrogen (secondary N) is 2. The molecule has 0 saturated carbocycles. The topological polar surface area (TPSA) is 61.4 Å². The number of amides is 1. The van der Waals surface area contributed by atoms with Crippen molar-refractivity contribution in [3.63, 3.8) is 0 Å². The average molecular weight is 166 g/mol. The SMILES string of the molecule is CNc1cccc(O)c1NC=O. The zero-order valence-corrected chi connectivity index (χ0v) is 6.66. The number of rotatable bonds is 3. The summed E-state index contributed by atoms with van der Waals surface area (Å²) in [4.78, 5) is 10.1. The second-order valence-corrected chi connectivity index (χ2v) is 2.21. The molecule has 1 rings (SSSR count). The molecule has 0 bridgehead atoms. The van der Waals surface area contributed by atoms with Crippen LogP contribution in [0.2, 0.25) is 0 Å². The first kappa shape index (κ1) is 8.39. The van der Waals surface area contributed by atoms with Gasteiger partial charge in [-0.2, -0.15) is 0 Å². The first-order chi connectivity index (χ1) is 5.79. The van der Waals surface area contributed by atoms with Crippen LogP contribution in [-0.4, -0.2) is 18.6 Å². The fraction of sp³-hybridized carbons (Fsp3) is 0.125. The Bertz CT molecular complexity index is 286. The normalized spacial score (nSPS) is 9.08. The Morgan fingerprint density at radius 1 is 1.50 bits per heavy atom. The van der Waals surface area contributed by atoms with Gasteiger partial charge in [0.05, 0.1) is 5.69 Å². The summed E-state index contributed by atoms with van der Waals surface area (Å²) in [6.45, 7) is 0. The standard InChI is InChI=1S/C8H10N2O2/c1-9-6-3-2-4-7(12)8(6)10-5-11/h2-5,9,12H,1H3,(H,10,11). The lowest BCUT2D eigenvalue weighted by molar-refractivity contribution is -0.105. The molecule has 12 heavy (non-hydrogen) atoms. The summed E-state index contributed by atoms with van der Waals surface area (Å²) in [6, 6.07) is 4.95. The van der Waals surface area contributed by atoms with Crippen LogP contribution in [0.5, 0.6) is 5.75 Å². The minimum Gasteiger partial charge on any atom is -0.506 e. The van der Waals surface area contributed by atoms with E-state index in [2.05, 4.69) is 10.6 Å². The van der Waals surface area contributed by atoms with Crippen molar-refractivity contribution in [1.82, 2.24) is 0 Å². The van der Waals surface area contributed by atoms with Crippen LogP contribution in [0.25, 0.3) is 0 Å². The van der Waals surface area contributed by atoms with Crippen LogP contribution >= 0.6 is 0 Å². The highest BCUT2D eigenvalue weighted by atomic mass is 16.3. The van der Waals surface area contributed by atoms with E-state index in [1.807, 2.05) is 0 Å². The molecule has 0 aliphatic carbocycles. The van der Waals surface area contributed by atoms with Gasteiger partial charge in [-0.1, -0.05) is 6.07 Å². The zero-order valence-electron chi connectivity index (χ0n) is 6.66. The van der Waals surface area contributed by atoms with Gasteiger partial charge in [0.15, 0.2) is 0 Å². The van der Waals surface area contributed by atoms with E-state index < -0.39 is 0 Å². The van der Waals surface area contributed by atoms with Crippen molar-refractivity contribution < 1.29 is 9.90 Å². The van der Waals surface area contributed by atoms with E-state index >= 15 is 0 Å². The summed E-state index contributed by atoms with van der Waals surface area (Å²) in [5.74, 6) is 0.0500. The molecule has 0 aliphatic rings. The van der Waals surface area contributed by atoms with Crippen LogP contribution in [0.3, 0.4) is 0 Å². The molecule has 0 fully saturated rings. The Morgan fingerprint density at radius 2 is 2.25 bits per heavy atom. The molecule has 4 nitrogen and oxygen atoms in total. The fourth-order valence-corrected chi connectivity index (χ4v) is 0.959. The van der Waals surface area contributed by atoms with Crippen molar-refractivity contribution in [3.05, 3.63) is 18.2 Å². The van der Waals surface area contributed by atoms with Crippen LogP contribution in [-0.2, 0) is 4.79 Å². The predicted octanol–water partition coefficient (Wildman–Crippen LogP) is 1.00. The Balaban J connectivity index is 3.10. The number of aromatic hydroxyl groups is 1. The van der Waals surface area contributed by atoms with Crippen molar-refractivity contribution >= 4 is 17.8 Å².